The summed E-state index contributed by atoms with van der Waals surface area (Å²) in [7, 11) is 0. The molecule has 5 heteroatoms. The third-order valence-corrected chi connectivity index (χ3v) is 6.17. The zero-order valence-corrected chi connectivity index (χ0v) is 20.0. The number of rotatable bonds is 6. The predicted octanol–water partition coefficient (Wildman–Crippen LogP) is 6.47. The molecule has 0 fully saturated rings. The third-order valence-electron chi connectivity index (χ3n) is 5.92. The molecule has 1 N–H and O–H groups in total. The summed E-state index contributed by atoms with van der Waals surface area (Å²) in [5, 5.41) is 3.86. The molecule has 4 nitrogen and oxygen atoms in total. The highest BCUT2D eigenvalue weighted by molar-refractivity contribution is 6.36. The van der Waals surface area contributed by atoms with E-state index in [1.807, 2.05) is 68.4 Å². The standard InChI is InChI=1S/C28H27ClN2O2/c1-17(2)21-8-12-23(13-9-21)30-26-25(24-14-5-18(3)15-19(24)4)27(32)31(28(26)33)16-20-6-10-22(29)11-7-20/h5-15,17,30H,16H2,1-4H3. The minimum Gasteiger partial charge on any atom is -0.350 e. The molecule has 0 bridgehead atoms. The number of nitrogens with one attached hydrogen (secondary N) is 1. The molecule has 0 radical (unpaired) electrons. The van der Waals surface area contributed by atoms with Gasteiger partial charge in [0.25, 0.3) is 11.8 Å². The summed E-state index contributed by atoms with van der Waals surface area (Å²) in [6, 6.07) is 21.1. The molecule has 0 unspecified atom stereocenters. The van der Waals surface area contributed by atoms with E-state index in [4.69, 9.17) is 11.6 Å². The van der Waals surface area contributed by atoms with Gasteiger partial charge in [0.05, 0.1) is 12.1 Å². The normalized spacial score (nSPS) is 13.9. The van der Waals surface area contributed by atoms with Crippen LogP contribution >= 0.6 is 11.6 Å². The van der Waals surface area contributed by atoms with E-state index in [0.717, 1.165) is 27.9 Å². The Morgan fingerprint density at radius 1 is 0.879 bits per heavy atom. The number of halogens is 1. The van der Waals surface area contributed by atoms with Gasteiger partial charge in [0.15, 0.2) is 0 Å². The van der Waals surface area contributed by atoms with Crippen molar-refractivity contribution in [3.63, 3.8) is 0 Å². The largest absolute Gasteiger partial charge is 0.350 e. The van der Waals surface area contributed by atoms with Crippen LogP contribution in [0.5, 0.6) is 0 Å². The van der Waals surface area contributed by atoms with Crippen LogP contribution in [0, 0.1) is 13.8 Å². The number of carbonyl (C=O) groups is 2. The van der Waals surface area contributed by atoms with Crippen molar-refractivity contribution in [1.29, 1.82) is 0 Å². The van der Waals surface area contributed by atoms with Crippen molar-refractivity contribution >= 4 is 34.7 Å². The van der Waals surface area contributed by atoms with Crippen molar-refractivity contribution in [3.8, 4) is 0 Å². The zero-order valence-electron chi connectivity index (χ0n) is 19.3. The number of hydrogen-bond donors (Lipinski definition) is 1. The molecule has 3 aromatic carbocycles. The van der Waals surface area contributed by atoms with Crippen molar-refractivity contribution in [2.24, 2.45) is 0 Å². The molecule has 4 rings (SSSR count). The molecule has 0 aromatic heterocycles. The fourth-order valence-corrected chi connectivity index (χ4v) is 4.17. The van der Waals surface area contributed by atoms with Crippen molar-refractivity contribution < 1.29 is 9.59 Å². The quantitative estimate of drug-likeness (QED) is 0.430. The highest BCUT2D eigenvalue weighted by atomic mass is 35.5. The Labute approximate surface area is 199 Å². The van der Waals surface area contributed by atoms with Crippen molar-refractivity contribution in [2.75, 3.05) is 5.32 Å². The Morgan fingerprint density at radius 3 is 2.15 bits per heavy atom. The highest BCUT2D eigenvalue weighted by Gasteiger charge is 2.39. The van der Waals surface area contributed by atoms with Crippen LogP contribution < -0.4 is 5.32 Å². The van der Waals surface area contributed by atoms with E-state index in [9.17, 15) is 9.59 Å². The Balaban J connectivity index is 1.74. The molecule has 1 aliphatic heterocycles. The molecular formula is C28H27ClN2O2. The molecule has 33 heavy (non-hydrogen) atoms. The minimum atomic E-state index is -0.335. The van der Waals surface area contributed by atoms with Gasteiger partial charge in [-0.15, -0.1) is 0 Å². The number of amides is 2. The molecule has 1 aliphatic rings. The van der Waals surface area contributed by atoms with E-state index >= 15 is 0 Å². The van der Waals surface area contributed by atoms with Gasteiger partial charge in [-0.1, -0.05) is 73.5 Å². The number of benzene rings is 3. The number of carbonyl (C=O) groups excluding carboxylic acids is 2. The second-order valence-electron chi connectivity index (χ2n) is 8.79. The van der Waals surface area contributed by atoms with Gasteiger partial charge < -0.3 is 5.32 Å². The highest BCUT2D eigenvalue weighted by Crippen LogP contribution is 2.33. The first-order chi connectivity index (χ1) is 15.7. The maximum Gasteiger partial charge on any atom is 0.278 e. The Kier molecular flexibility index (Phi) is 6.39. The van der Waals surface area contributed by atoms with Gasteiger partial charge in [-0.2, -0.15) is 0 Å². The lowest BCUT2D eigenvalue weighted by Crippen LogP contribution is -2.32. The molecule has 168 valence electrons. The topological polar surface area (TPSA) is 49.4 Å². The van der Waals surface area contributed by atoms with Crippen LogP contribution in [0.4, 0.5) is 5.69 Å². The summed E-state index contributed by atoms with van der Waals surface area (Å²) >= 11 is 6.00. The van der Waals surface area contributed by atoms with E-state index in [1.54, 1.807) is 12.1 Å². The van der Waals surface area contributed by atoms with Crippen LogP contribution in [-0.2, 0) is 16.1 Å². The molecule has 3 aromatic rings. The monoisotopic (exact) mass is 458 g/mol. The number of imide groups is 1. The van der Waals surface area contributed by atoms with E-state index in [-0.39, 0.29) is 18.4 Å². The first kappa shape index (κ1) is 22.8. The fourth-order valence-electron chi connectivity index (χ4n) is 4.05. The lowest BCUT2D eigenvalue weighted by Gasteiger charge is -2.16. The summed E-state index contributed by atoms with van der Waals surface area (Å²) in [5.41, 5.74) is 6.34. The summed E-state index contributed by atoms with van der Waals surface area (Å²) < 4.78 is 0. The molecule has 0 spiro atoms. The van der Waals surface area contributed by atoms with E-state index < -0.39 is 0 Å². The van der Waals surface area contributed by atoms with Gasteiger partial charge in [-0.3, -0.25) is 14.5 Å². The van der Waals surface area contributed by atoms with Gasteiger partial charge in [0.1, 0.15) is 5.70 Å². The lowest BCUT2D eigenvalue weighted by molar-refractivity contribution is -0.137. The smallest absolute Gasteiger partial charge is 0.278 e. The second-order valence-corrected chi connectivity index (χ2v) is 9.23. The van der Waals surface area contributed by atoms with Gasteiger partial charge in [0.2, 0.25) is 0 Å². The Bertz CT molecular complexity index is 1240. The summed E-state index contributed by atoms with van der Waals surface area (Å²) in [6.07, 6.45) is 0. The number of anilines is 1. The predicted molar refractivity (Wildman–Crippen MR) is 134 cm³/mol. The SMILES string of the molecule is Cc1ccc(C2=C(Nc3ccc(C(C)C)cc3)C(=O)N(Cc3ccc(Cl)cc3)C2=O)c(C)c1. The first-order valence-electron chi connectivity index (χ1n) is 11.0. The summed E-state index contributed by atoms with van der Waals surface area (Å²) in [6.45, 7) is 8.42. The van der Waals surface area contributed by atoms with Crippen LogP contribution in [-0.4, -0.2) is 16.7 Å². The van der Waals surface area contributed by atoms with E-state index in [2.05, 4.69) is 19.2 Å². The lowest BCUT2D eigenvalue weighted by atomic mass is 9.97. The third kappa shape index (κ3) is 4.71. The van der Waals surface area contributed by atoms with Gasteiger partial charge in [-0.25, -0.2) is 0 Å². The van der Waals surface area contributed by atoms with E-state index in [1.165, 1.54) is 10.5 Å². The Hall–Kier alpha value is -3.37. The van der Waals surface area contributed by atoms with Crippen LogP contribution in [0.1, 0.15) is 47.6 Å². The molecule has 1 heterocycles. The maximum absolute atomic E-state index is 13.6. The van der Waals surface area contributed by atoms with Crippen LogP contribution in [0.25, 0.3) is 5.57 Å². The number of nitrogens with zero attached hydrogens (tertiary/aromatic N) is 1. The van der Waals surface area contributed by atoms with Gasteiger partial charge >= 0.3 is 0 Å². The molecule has 0 saturated heterocycles. The molecule has 0 aliphatic carbocycles. The summed E-state index contributed by atoms with van der Waals surface area (Å²) in [5.74, 6) is -0.227. The van der Waals surface area contributed by atoms with Gasteiger partial charge in [0, 0.05) is 10.7 Å². The molecule has 0 atom stereocenters. The molecule has 2 amide bonds. The first-order valence-corrected chi connectivity index (χ1v) is 11.4. The molecular weight excluding hydrogens is 432 g/mol. The van der Waals surface area contributed by atoms with Crippen molar-refractivity contribution in [2.45, 2.75) is 40.2 Å². The summed E-state index contributed by atoms with van der Waals surface area (Å²) in [4.78, 5) is 28.3. The van der Waals surface area contributed by atoms with Crippen LogP contribution in [0.2, 0.25) is 5.02 Å². The fraction of sp³-hybridized carbons (Fsp3) is 0.214. The molecule has 0 saturated carbocycles. The average molecular weight is 459 g/mol. The minimum absolute atomic E-state index is 0.181. The van der Waals surface area contributed by atoms with Crippen molar-refractivity contribution in [1.82, 2.24) is 4.90 Å². The van der Waals surface area contributed by atoms with Crippen LogP contribution in [0.3, 0.4) is 0 Å². The van der Waals surface area contributed by atoms with Crippen LogP contribution in [0.15, 0.2) is 72.4 Å². The Morgan fingerprint density at radius 2 is 1.55 bits per heavy atom. The van der Waals surface area contributed by atoms with E-state index in [0.29, 0.717) is 22.2 Å². The van der Waals surface area contributed by atoms with Gasteiger partial charge in [-0.05, 0) is 66.3 Å². The number of hydrogen-bond acceptors (Lipinski definition) is 3. The second kappa shape index (κ2) is 9.24. The zero-order chi connectivity index (χ0) is 23.7. The maximum atomic E-state index is 13.6. The number of aryl methyl sites for hydroxylation is 2. The van der Waals surface area contributed by atoms with Crippen molar-refractivity contribution in [3.05, 3.63) is 105 Å². The average Bonchev–Trinajstić information content (AvgIpc) is 3.00.